The lowest BCUT2D eigenvalue weighted by Crippen LogP contribution is -2.28. The first-order valence-corrected chi connectivity index (χ1v) is 11.5. The van der Waals surface area contributed by atoms with Crippen LogP contribution in [-0.2, 0) is 24.8 Å². The molecule has 1 aliphatic heterocycles. The minimum atomic E-state index is -4.12. The highest BCUT2D eigenvalue weighted by Gasteiger charge is 2.28. The van der Waals surface area contributed by atoms with E-state index >= 15 is 0 Å². The van der Waals surface area contributed by atoms with Crippen molar-refractivity contribution < 1.29 is 26.4 Å². The number of benzene rings is 1. The van der Waals surface area contributed by atoms with Gasteiger partial charge in [0.05, 0.1) is 22.7 Å². The van der Waals surface area contributed by atoms with Gasteiger partial charge in [-0.25, -0.2) is 21.6 Å². The summed E-state index contributed by atoms with van der Waals surface area (Å²) in [4.78, 5) is 13.7. The summed E-state index contributed by atoms with van der Waals surface area (Å²) >= 11 is 6.06. The first-order valence-electron chi connectivity index (χ1n) is 8.24. The summed E-state index contributed by atoms with van der Waals surface area (Å²) in [6.45, 7) is 0.845. The molecule has 0 bridgehead atoms. The van der Waals surface area contributed by atoms with E-state index in [0.29, 0.717) is 13.1 Å². The highest BCUT2D eigenvalue weighted by molar-refractivity contribution is 7.92. The number of hydrogen-bond acceptors (Lipinski definition) is 6. The van der Waals surface area contributed by atoms with Crippen LogP contribution in [0.1, 0.15) is 23.3 Å². The topological polar surface area (TPSA) is 126 Å². The summed E-state index contributed by atoms with van der Waals surface area (Å²) in [5.41, 5.74) is -0.123. The number of nitrogens with one attached hydrogen (secondary N) is 2. The van der Waals surface area contributed by atoms with Crippen LogP contribution in [0.25, 0.3) is 0 Å². The molecule has 152 valence electrons. The van der Waals surface area contributed by atoms with Crippen molar-refractivity contribution in [3.63, 3.8) is 0 Å². The lowest BCUT2D eigenvalue weighted by atomic mass is 10.3. The lowest BCUT2D eigenvalue weighted by Gasteiger charge is -2.17. The van der Waals surface area contributed by atoms with Crippen molar-refractivity contribution in [1.29, 1.82) is 0 Å². The van der Waals surface area contributed by atoms with E-state index in [2.05, 4.69) is 14.4 Å². The molecule has 2 N–H and O–H groups in total. The molecule has 0 spiro atoms. The molecule has 1 fully saturated rings. The van der Waals surface area contributed by atoms with Gasteiger partial charge in [-0.3, -0.25) is 4.72 Å². The molecular weight excluding hydrogens is 430 g/mol. The molecule has 0 atom stereocenters. The van der Waals surface area contributed by atoms with E-state index in [9.17, 15) is 21.6 Å². The average Bonchev–Trinajstić information content (AvgIpc) is 3.35. The van der Waals surface area contributed by atoms with Crippen LogP contribution in [0.5, 0.6) is 0 Å². The van der Waals surface area contributed by atoms with Gasteiger partial charge in [0.25, 0.3) is 10.0 Å². The normalized spacial score (nSPS) is 15.5. The first kappa shape index (κ1) is 20.6. The molecule has 12 heteroatoms. The summed E-state index contributed by atoms with van der Waals surface area (Å²) in [5.74, 6) is -0.724. The number of sulfonamides is 2. The SMILES string of the molecule is COC(=O)c1cc(S(=O)(=O)Nc2cc(S(=O)(=O)N3CCCC3)ccc2Cl)c[nH]1. The van der Waals surface area contributed by atoms with Crippen LogP contribution < -0.4 is 4.72 Å². The number of halogens is 1. The Bertz CT molecular complexity index is 1110. The van der Waals surface area contributed by atoms with Crippen molar-refractivity contribution in [2.45, 2.75) is 22.6 Å². The second kappa shape index (κ2) is 7.74. The Morgan fingerprint density at radius 1 is 1.14 bits per heavy atom. The number of aromatic nitrogens is 1. The molecule has 3 rings (SSSR count). The van der Waals surface area contributed by atoms with Crippen molar-refractivity contribution in [3.8, 4) is 0 Å². The third kappa shape index (κ3) is 4.02. The molecule has 0 saturated carbocycles. The molecule has 0 amide bonds. The Balaban J connectivity index is 1.91. The van der Waals surface area contributed by atoms with Crippen LogP contribution in [0, 0.1) is 0 Å². The second-order valence-corrected chi connectivity index (χ2v) is 10.1. The van der Waals surface area contributed by atoms with Crippen LogP contribution in [0.2, 0.25) is 5.02 Å². The largest absolute Gasteiger partial charge is 0.464 e. The fraction of sp³-hybridized carbons (Fsp3) is 0.312. The van der Waals surface area contributed by atoms with Gasteiger partial charge in [-0.1, -0.05) is 11.6 Å². The molecule has 9 nitrogen and oxygen atoms in total. The van der Waals surface area contributed by atoms with Gasteiger partial charge < -0.3 is 9.72 Å². The Kier molecular flexibility index (Phi) is 5.71. The molecule has 0 unspecified atom stereocenters. The van der Waals surface area contributed by atoms with E-state index in [1.807, 2.05) is 0 Å². The third-order valence-electron chi connectivity index (χ3n) is 4.26. The number of esters is 1. The second-order valence-electron chi connectivity index (χ2n) is 6.10. The molecule has 2 aromatic rings. The summed E-state index contributed by atoms with van der Waals surface area (Å²) in [6.07, 6.45) is 2.68. The molecule has 1 aromatic heterocycles. The smallest absolute Gasteiger partial charge is 0.354 e. The maximum absolute atomic E-state index is 12.7. The number of rotatable bonds is 6. The van der Waals surface area contributed by atoms with Gasteiger partial charge in [0.2, 0.25) is 10.0 Å². The number of methoxy groups -OCH3 is 1. The predicted octanol–water partition coefficient (Wildman–Crippen LogP) is 2.04. The number of hydrogen-bond donors (Lipinski definition) is 2. The van der Waals surface area contributed by atoms with Crippen LogP contribution in [0.4, 0.5) is 5.69 Å². The van der Waals surface area contributed by atoms with E-state index in [1.54, 1.807) is 0 Å². The maximum atomic E-state index is 12.7. The zero-order valence-corrected chi connectivity index (χ0v) is 17.2. The van der Waals surface area contributed by atoms with Crippen molar-refractivity contribution in [2.24, 2.45) is 0 Å². The van der Waals surface area contributed by atoms with Gasteiger partial charge in [0.1, 0.15) is 10.6 Å². The molecule has 1 aromatic carbocycles. The summed E-state index contributed by atoms with van der Waals surface area (Å²) in [5, 5.41) is 0.0349. The van der Waals surface area contributed by atoms with E-state index in [-0.39, 0.29) is 26.2 Å². The number of H-pyrrole nitrogens is 1. The van der Waals surface area contributed by atoms with Crippen LogP contribution in [0.15, 0.2) is 40.3 Å². The monoisotopic (exact) mass is 447 g/mol. The minimum absolute atomic E-state index is 0.0349. The standard InChI is InChI=1S/C16H18ClN3O6S2/c1-26-16(21)15-9-12(10-18-15)27(22,23)19-14-8-11(4-5-13(14)17)28(24,25)20-6-2-3-7-20/h4-5,8-10,18-19H,2-3,6-7H2,1H3. The molecule has 1 saturated heterocycles. The van der Waals surface area contributed by atoms with Crippen molar-refractivity contribution >= 4 is 43.3 Å². The lowest BCUT2D eigenvalue weighted by molar-refractivity contribution is 0.0594. The maximum Gasteiger partial charge on any atom is 0.354 e. The molecule has 0 aliphatic carbocycles. The fourth-order valence-electron chi connectivity index (χ4n) is 2.78. The number of nitrogens with zero attached hydrogens (tertiary/aromatic N) is 1. The van der Waals surface area contributed by atoms with Gasteiger partial charge in [0, 0.05) is 19.3 Å². The van der Waals surface area contributed by atoms with Crippen LogP contribution >= 0.6 is 11.6 Å². The Hall–Kier alpha value is -2.08. The molecule has 0 radical (unpaired) electrons. The zero-order chi connectivity index (χ0) is 20.5. The van der Waals surface area contributed by atoms with Gasteiger partial charge >= 0.3 is 5.97 Å². The van der Waals surface area contributed by atoms with E-state index in [1.165, 1.54) is 29.6 Å². The number of aromatic amines is 1. The van der Waals surface area contributed by atoms with E-state index in [4.69, 9.17) is 11.6 Å². The van der Waals surface area contributed by atoms with E-state index in [0.717, 1.165) is 25.1 Å². The van der Waals surface area contributed by atoms with Gasteiger partial charge in [-0.05, 0) is 37.1 Å². The van der Waals surface area contributed by atoms with Crippen LogP contribution in [-0.4, -0.2) is 52.3 Å². The summed E-state index contributed by atoms with van der Waals surface area (Å²) in [7, 11) is -6.69. The number of carbonyl (C=O) groups excluding carboxylic acids is 1. The van der Waals surface area contributed by atoms with Gasteiger partial charge in [-0.2, -0.15) is 4.31 Å². The van der Waals surface area contributed by atoms with Crippen molar-refractivity contribution in [2.75, 3.05) is 24.9 Å². The van der Waals surface area contributed by atoms with Crippen LogP contribution in [0.3, 0.4) is 0 Å². The Labute approximate surface area is 167 Å². The first-order chi connectivity index (χ1) is 13.1. The third-order valence-corrected chi connectivity index (χ3v) is 7.83. The van der Waals surface area contributed by atoms with Crippen molar-refractivity contribution in [3.05, 3.63) is 41.2 Å². The summed E-state index contributed by atoms with van der Waals surface area (Å²) in [6, 6.07) is 4.94. The fourth-order valence-corrected chi connectivity index (χ4v) is 5.61. The number of carbonyl (C=O) groups is 1. The Morgan fingerprint density at radius 2 is 1.82 bits per heavy atom. The molecule has 1 aliphatic rings. The van der Waals surface area contributed by atoms with Gasteiger partial charge in [0.15, 0.2) is 0 Å². The highest BCUT2D eigenvalue weighted by atomic mass is 35.5. The quantitative estimate of drug-likeness (QED) is 0.652. The van der Waals surface area contributed by atoms with Gasteiger partial charge in [-0.15, -0.1) is 0 Å². The minimum Gasteiger partial charge on any atom is -0.464 e. The average molecular weight is 448 g/mol. The molecule has 2 heterocycles. The highest BCUT2D eigenvalue weighted by Crippen LogP contribution is 2.30. The molecular formula is C16H18ClN3O6S2. The predicted molar refractivity (Wildman–Crippen MR) is 102 cm³/mol. The Morgan fingerprint density at radius 3 is 2.46 bits per heavy atom. The number of ether oxygens (including phenoxy) is 1. The van der Waals surface area contributed by atoms with E-state index < -0.39 is 26.0 Å². The number of anilines is 1. The van der Waals surface area contributed by atoms with Crippen molar-refractivity contribution in [1.82, 2.24) is 9.29 Å². The molecule has 28 heavy (non-hydrogen) atoms. The summed E-state index contributed by atoms with van der Waals surface area (Å²) < 4.78 is 58.7. The zero-order valence-electron chi connectivity index (χ0n) is 14.8.